The number of imide groups is 1. The first-order valence-corrected chi connectivity index (χ1v) is 10.2. The van der Waals surface area contributed by atoms with E-state index >= 15 is 0 Å². The van der Waals surface area contributed by atoms with Gasteiger partial charge in [0.1, 0.15) is 12.1 Å². The van der Waals surface area contributed by atoms with Crippen LogP contribution in [0.15, 0.2) is 18.2 Å². The van der Waals surface area contributed by atoms with E-state index in [9.17, 15) is 14.4 Å². The van der Waals surface area contributed by atoms with Gasteiger partial charge in [-0.2, -0.15) is 0 Å². The van der Waals surface area contributed by atoms with Crippen LogP contribution in [0.1, 0.15) is 52.0 Å². The van der Waals surface area contributed by atoms with Crippen molar-refractivity contribution in [3.05, 3.63) is 23.8 Å². The van der Waals surface area contributed by atoms with Crippen LogP contribution < -0.4 is 20.1 Å². The number of ether oxygens (including phenoxy) is 2. The second-order valence-electron chi connectivity index (χ2n) is 7.74. The van der Waals surface area contributed by atoms with E-state index in [-0.39, 0.29) is 19.2 Å². The summed E-state index contributed by atoms with van der Waals surface area (Å²) >= 11 is 0. The van der Waals surface area contributed by atoms with Crippen LogP contribution in [0.2, 0.25) is 0 Å². The first-order valence-electron chi connectivity index (χ1n) is 10.2. The SMILES string of the molecule is CCCC[C@@H](CC)CNC(=O)CN1C(=O)N[C@](C)(c2ccc3c(c2)OCO3)C1=O. The van der Waals surface area contributed by atoms with Gasteiger partial charge in [0.25, 0.3) is 5.91 Å². The zero-order chi connectivity index (χ0) is 21.0. The Bertz CT molecular complexity index is 797. The summed E-state index contributed by atoms with van der Waals surface area (Å²) in [6.45, 7) is 6.24. The molecule has 2 heterocycles. The number of fused-ring (bicyclic) bond motifs is 1. The van der Waals surface area contributed by atoms with Crippen molar-refractivity contribution < 1.29 is 23.9 Å². The van der Waals surface area contributed by atoms with Gasteiger partial charge < -0.3 is 20.1 Å². The average Bonchev–Trinajstić information content (AvgIpc) is 3.26. The molecule has 4 amide bonds. The van der Waals surface area contributed by atoms with Gasteiger partial charge in [0, 0.05) is 6.54 Å². The van der Waals surface area contributed by atoms with Crippen LogP contribution in [0.25, 0.3) is 0 Å². The molecule has 1 aromatic carbocycles. The maximum Gasteiger partial charge on any atom is 0.325 e. The summed E-state index contributed by atoms with van der Waals surface area (Å²) in [7, 11) is 0. The van der Waals surface area contributed by atoms with E-state index in [0.717, 1.165) is 30.6 Å². The minimum absolute atomic E-state index is 0.124. The normalized spacial score (nSPS) is 21.3. The second kappa shape index (κ2) is 8.71. The van der Waals surface area contributed by atoms with Crippen LogP contribution in [-0.2, 0) is 15.1 Å². The molecule has 0 spiro atoms. The Kier molecular flexibility index (Phi) is 6.30. The number of nitrogens with one attached hydrogen (secondary N) is 2. The van der Waals surface area contributed by atoms with Crippen molar-refractivity contribution in [2.24, 2.45) is 5.92 Å². The summed E-state index contributed by atoms with van der Waals surface area (Å²) in [4.78, 5) is 38.8. The lowest BCUT2D eigenvalue weighted by molar-refractivity contribution is -0.134. The fourth-order valence-corrected chi connectivity index (χ4v) is 3.64. The molecule has 0 radical (unpaired) electrons. The molecule has 1 aromatic rings. The van der Waals surface area contributed by atoms with Gasteiger partial charge in [-0.3, -0.25) is 14.5 Å². The molecule has 2 aliphatic heterocycles. The van der Waals surface area contributed by atoms with Crippen molar-refractivity contribution in [2.45, 2.75) is 52.0 Å². The Morgan fingerprint density at radius 3 is 2.76 bits per heavy atom. The Morgan fingerprint density at radius 1 is 1.28 bits per heavy atom. The number of carbonyl (C=O) groups excluding carboxylic acids is 3. The molecule has 8 nitrogen and oxygen atoms in total. The molecule has 0 saturated carbocycles. The highest BCUT2D eigenvalue weighted by Gasteiger charge is 2.49. The molecule has 29 heavy (non-hydrogen) atoms. The molecule has 0 aromatic heterocycles. The Hall–Kier alpha value is -2.77. The van der Waals surface area contributed by atoms with Gasteiger partial charge in [0.05, 0.1) is 0 Å². The molecule has 1 saturated heterocycles. The molecule has 0 aliphatic carbocycles. The summed E-state index contributed by atoms with van der Waals surface area (Å²) in [6.07, 6.45) is 4.27. The highest BCUT2D eigenvalue weighted by atomic mass is 16.7. The summed E-state index contributed by atoms with van der Waals surface area (Å²) in [5.74, 6) is 0.729. The molecular weight excluding hydrogens is 374 g/mol. The molecule has 158 valence electrons. The largest absolute Gasteiger partial charge is 0.454 e. The molecule has 2 N–H and O–H groups in total. The van der Waals surface area contributed by atoms with Gasteiger partial charge >= 0.3 is 6.03 Å². The van der Waals surface area contributed by atoms with Crippen LogP contribution in [0.3, 0.4) is 0 Å². The topological polar surface area (TPSA) is 97.0 Å². The van der Waals surface area contributed by atoms with Gasteiger partial charge in [0.2, 0.25) is 12.7 Å². The van der Waals surface area contributed by atoms with Crippen molar-refractivity contribution in [1.29, 1.82) is 0 Å². The van der Waals surface area contributed by atoms with Crippen molar-refractivity contribution in [2.75, 3.05) is 19.9 Å². The Balaban J connectivity index is 1.63. The van der Waals surface area contributed by atoms with Crippen LogP contribution in [0.5, 0.6) is 11.5 Å². The summed E-state index contributed by atoms with van der Waals surface area (Å²) in [5, 5.41) is 5.57. The van der Waals surface area contributed by atoms with Crippen LogP contribution >= 0.6 is 0 Å². The monoisotopic (exact) mass is 403 g/mol. The van der Waals surface area contributed by atoms with E-state index in [1.54, 1.807) is 25.1 Å². The lowest BCUT2D eigenvalue weighted by Crippen LogP contribution is -2.44. The van der Waals surface area contributed by atoms with Gasteiger partial charge in [0.15, 0.2) is 11.5 Å². The zero-order valence-corrected chi connectivity index (χ0v) is 17.2. The third-order valence-corrected chi connectivity index (χ3v) is 5.66. The minimum atomic E-state index is -1.26. The van der Waals surface area contributed by atoms with Crippen molar-refractivity contribution >= 4 is 17.8 Å². The number of amides is 4. The standard InChI is InChI=1S/C21H29N3O5/c1-4-6-7-14(5-2)11-22-18(25)12-24-19(26)21(3,23-20(24)27)15-8-9-16-17(10-15)29-13-28-16/h8-10,14H,4-7,11-13H2,1-3H3,(H,22,25)(H,23,27)/t14-,21-/m1/s1. The molecule has 1 fully saturated rings. The third-order valence-electron chi connectivity index (χ3n) is 5.66. The van der Waals surface area contributed by atoms with Crippen molar-refractivity contribution in [1.82, 2.24) is 15.5 Å². The quantitative estimate of drug-likeness (QED) is 0.618. The number of urea groups is 1. The first-order chi connectivity index (χ1) is 13.9. The number of unbranched alkanes of at least 4 members (excludes halogenated alkanes) is 1. The van der Waals surface area contributed by atoms with Crippen molar-refractivity contribution in [3.8, 4) is 11.5 Å². The van der Waals surface area contributed by atoms with Gasteiger partial charge in [-0.05, 0) is 37.0 Å². The Morgan fingerprint density at radius 2 is 2.03 bits per heavy atom. The van der Waals surface area contributed by atoms with E-state index in [1.165, 1.54) is 0 Å². The Labute approximate surface area is 170 Å². The highest BCUT2D eigenvalue weighted by molar-refractivity contribution is 6.09. The minimum Gasteiger partial charge on any atom is -0.454 e. The maximum absolute atomic E-state index is 13.0. The third kappa shape index (κ3) is 4.31. The van der Waals surface area contributed by atoms with E-state index in [2.05, 4.69) is 24.5 Å². The number of carbonyl (C=O) groups is 3. The van der Waals surface area contributed by atoms with E-state index < -0.39 is 17.5 Å². The molecule has 3 rings (SSSR count). The summed E-state index contributed by atoms with van der Waals surface area (Å²) < 4.78 is 10.7. The predicted molar refractivity (Wildman–Crippen MR) is 106 cm³/mol. The van der Waals surface area contributed by atoms with E-state index in [0.29, 0.717) is 29.5 Å². The fourth-order valence-electron chi connectivity index (χ4n) is 3.64. The number of benzene rings is 1. The van der Waals surface area contributed by atoms with Gasteiger partial charge in [-0.1, -0.05) is 39.2 Å². The molecular formula is C21H29N3O5. The lowest BCUT2D eigenvalue weighted by atomic mass is 9.91. The first kappa shape index (κ1) is 21.0. The molecule has 2 atom stereocenters. The number of nitrogens with zero attached hydrogens (tertiary/aromatic N) is 1. The van der Waals surface area contributed by atoms with E-state index in [1.807, 2.05) is 0 Å². The molecule has 0 unspecified atom stereocenters. The van der Waals surface area contributed by atoms with Gasteiger partial charge in [-0.15, -0.1) is 0 Å². The predicted octanol–water partition coefficient (Wildman–Crippen LogP) is 2.51. The van der Waals surface area contributed by atoms with Gasteiger partial charge in [-0.25, -0.2) is 4.79 Å². The highest BCUT2D eigenvalue weighted by Crippen LogP contribution is 2.37. The fraction of sp³-hybridized carbons (Fsp3) is 0.571. The van der Waals surface area contributed by atoms with Crippen molar-refractivity contribution in [3.63, 3.8) is 0 Å². The average molecular weight is 403 g/mol. The van der Waals surface area contributed by atoms with E-state index in [4.69, 9.17) is 9.47 Å². The van der Waals surface area contributed by atoms with Crippen LogP contribution in [-0.4, -0.2) is 42.6 Å². The number of rotatable bonds is 9. The maximum atomic E-state index is 13.0. The molecule has 8 heteroatoms. The van der Waals surface area contributed by atoms with Crippen LogP contribution in [0, 0.1) is 5.92 Å². The summed E-state index contributed by atoms with van der Waals surface area (Å²) in [5.41, 5.74) is -0.681. The lowest BCUT2D eigenvalue weighted by Gasteiger charge is -2.22. The molecule has 0 bridgehead atoms. The number of hydrogen-bond acceptors (Lipinski definition) is 5. The summed E-state index contributed by atoms with van der Waals surface area (Å²) in [6, 6.07) is 4.53. The molecule has 2 aliphatic rings. The number of hydrogen-bond donors (Lipinski definition) is 2. The second-order valence-corrected chi connectivity index (χ2v) is 7.74. The zero-order valence-electron chi connectivity index (χ0n) is 17.2. The van der Waals surface area contributed by atoms with Crippen LogP contribution in [0.4, 0.5) is 4.79 Å². The smallest absolute Gasteiger partial charge is 0.325 e.